The van der Waals surface area contributed by atoms with Gasteiger partial charge in [0.15, 0.2) is 5.60 Å². The molecule has 2 aliphatic heterocycles. The van der Waals surface area contributed by atoms with Gasteiger partial charge in [-0.05, 0) is 31.3 Å². The van der Waals surface area contributed by atoms with E-state index in [-0.39, 0.29) is 23.5 Å². The molecule has 2 heterocycles. The van der Waals surface area contributed by atoms with Crippen LogP contribution in [0.15, 0.2) is 36.4 Å². The molecule has 11 nitrogen and oxygen atoms in total. The summed E-state index contributed by atoms with van der Waals surface area (Å²) in [4.78, 5) is 37.4. The lowest BCUT2D eigenvalue weighted by Crippen LogP contribution is -2.53. The minimum absolute atomic E-state index is 0.221. The van der Waals surface area contributed by atoms with Gasteiger partial charge in [0.25, 0.3) is 5.69 Å². The predicted molar refractivity (Wildman–Crippen MR) is 117 cm³/mol. The van der Waals surface area contributed by atoms with Crippen LogP contribution in [-0.2, 0) is 16.0 Å². The van der Waals surface area contributed by atoms with Crippen LogP contribution in [0.3, 0.4) is 0 Å². The van der Waals surface area contributed by atoms with Gasteiger partial charge in [-0.15, -0.1) is 0 Å². The molecule has 4 rings (SSSR count). The third kappa shape index (κ3) is 4.94. The Labute approximate surface area is 198 Å². The summed E-state index contributed by atoms with van der Waals surface area (Å²) in [5, 5.41) is 16.5. The third-order valence-corrected chi connectivity index (χ3v) is 5.91. The highest BCUT2D eigenvalue weighted by Gasteiger charge is 2.57. The molecule has 1 spiro atoms. The Morgan fingerprint density at radius 3 is 2.71 bits per heavy atom. The molecule has 0 bridgehead atoms. The van der Waals surface area contributed by atoms with E-state index in [0.717, 1.165) is 23.1 Å². The minimum Gasteiger partial charge on any atom is -0.496 e. The van der Waals surface area contributed by atoms with E-state index in [9.17, 15) is 28.5 Å². The minimum atomic E-state index is -1.25. The van der Waals surface area contributed by atoms with Gasteiger partial charge in [0.05, 0.1) is 24.3 Å². The van der Waals surface area contributed by atoms with E-state index in [0.29, 0.717) is 25.9 Å². The molecule has 0 aliphatic carbocycles. The van der Waals surface area contributed by atoms with Gasteiger partial charge in [0, 0.05) is 36.6 Å². The summed E-state index contributed by atoms with van der Waals surface area (Å²) in [5.74, 6) is -1.37. The summed E-state index contributed by atoms with van der Waals surface area (Å²) in [7, 11) is 1.37. The van der Waals surface area contributed by atoms with E-state index in [1.54, 1.807) is 0 Å². The van der Waals surface area contributed by atoms with Crippen LogP contribution < -0.4 is 15.4 Å². The number of nitrogens with one attached hydrogen (secondary N) is 2. The molecule has 2 aromatic rings. The van der Waals surface area contributed by atoms with Crippen LogP contribution in [0.5, 0.6) is 5.75 Å². The highest BCUT2D eigenvalue weighted by molar-refractivity contribution is 5.85. The van der Waals surface area contributed by atoms with Crippen molar-refractivity contribution >= 4 is 23.6 Å². The summed E-state index contributed by atoms with van der Waals surface area (Å²) < 4.78 is 44.0. The maximum Gasteiger partial charge on any atom is 0.413 e. The SMILES string of the molecule is COc1ccc([N+](=O)[O-])cc1CN1C(=O)OC2(CCNCC2)C1OC(=O)Nc1cc(F)ccc1F. The Kier molecular flexibility index (Phi) is 6.69. The van der Waals surface area contributed by atoms with E-state index in [1.807, 2.05) is 0 Å². The fraction of sp³-hybridized carbons (Fsp3) is 0.364. The second-order valence-electron chi connectivity index (χ2n) is 8.07. The van der Waals surface area contributed by atoms with E-state index in [1.165, 1.54) is 25.3 Å². The number of non-ortho nitro benzene ring substituents is 1. The van der Waals surface area contributed by atoms with Crippen molar-refractivity contribution in [1.29, 1.82) is 0 Å². The molecule has 1 atom stereocenters. The number of methoxy groups -OCH3 is 1. The number of anilines is 1. The Morgan fingerprint density at radius 2 is 2.03 bits per heavy atom. The van der Waals surface area contributed by atoms with Crippen LogP contribution in [-0.4, -0.2) is 54.0 Å². The number of hydrogen-bond donors (Lipinski definition) is 2. The summed E-state index contributed by atoms with van der Waals surface area (Å²) in [5.41, 5.74) is -1.57. The van der Waals surface area contributed by atoms with Crippen LogP contribution >= 0.6 is 0 Å². The fourth-order valence-electron chi connectivity index (χ4n) is 4.20. The zero-order valence-electron chi connectivity index (χ0n) is 18.6. The van der Waals surface area contributed by atoms with Gasteiger partial charge < -0.3 is 19.5 Å². The van der Waals surface area contributed by atoms with E-state index in [4.69, 9.17) is 14.2 Å². The third-order valence-electron chi connectivity index (χ3n) is 5.91. The molecule has 0 saturated carbocycles. The van der Waals surface area contributed by atoms with Crippen molar-refractivity contribution in [3.8, 4) is 5.75 Å². The first kappa shape index (κ1) is 24.1. The maximum atomic E-state index is 14.0. The Morgan fingerprint density at radius 1 is 1.29 bits per heavy atom. The van der Waals surface area contributed by atoms with Gasteiger partial charge >= 0.3 is 12.2 Å². The van der Waals surface area contributed by atoms with Crippen molar-refractivity contribution in [2.45, 2.75) is 31.2 Å². The number of carbonyl (C=O) groups is 2. The number of carbonyl (C=O) groups excluding carboxylic acids is 2. The standard InChI is InChI=1S/C22H22F2N4O7/c1-33-18-5-3-15(28(31)32)10-13(18)12-27-19(22(35-21(27)30)6-8-25-9-7-22)34-20(29)26-17-11-14(23)2-4-16(17)24/h2-5,10-11,19,25H,6-9,12H2,1H3,(H,26,29). The van der Waals surface area contributed by atoms with Crippen molar-refractivity contribution in [2.24, 2.45) is 0 Å². The number of halogens is 2. The largest absolute Gasteiger partial charge is 0.496 e. The second-order valence-corrected chi connectivity index (χ2v) is 8.07. The lowest BCUT2D eigenvalue weighted by Gasteiger charge is -2.37. The lowest BCUT2D eigenvalue weighted by atomic mass is 9.90. The topological polar surface area (TPSA) is 132 Å². The van der Waals surface area contributed by atoms with Gasteiger partial charge in [-0.1, -0.05) is 0 Å². The normalized spacial score (nSPS) is 18.8. The second kappa shape index (κ2) is 9.70. The molecule has 35 heavy (non-hydrogen) atoms. The molecule has 13 heteroatoms. The highest BCUT2D eigenvalue weighted by Crippen LogP contribution is 2.40. The number of nitro benzene ring substituents is 1. The first-order valence-electron chi connectivity index (χ1n) is 10.7. The van der Waals surface area contributed by atoms with Crippen LogP contribution in [0.4, 0.5) is 29.7 Å². The molecular weight excluding hydrogens is 470 g/mol. The summed E-state index contributed by atoms with van der Waals surface area (Å²) >= 11 is 0. The average Bonchev–Trinajstić information content (AvgIpc) is 3.06. The van der Waals surface area contributed by atoms with E-state index >= 15 is 0 Å². The van der Waals surface area contributed by atoms with Gasteiger partial charge in [0.2, 0.25) is 6.23 Å². The molecule has 2 saturated heterocycles. The van der Waals surface area contributed by atoms with Crippen molar-refractivity contribution in [3.63, 3.8) is 0 Å². The number of ether oxygens (including phenoxy) is 3. The van der Waals surface area contributed by atoms with E-state index < -0.39 is 46.3 Å². The molecule has 2 amide bonds. The van der Waals surface area contributed by atoms with Crippen molar-refractivity contribution in [2.75, 3.05) is 25.5 Å². The lowest BCUT2D eigenvalue weighted by molar-refractivity contribution is -0.385. The Bertz CT molecular complexity index is 1160. The van der Waals surface area contributed by atoms with Crippen molar-refractivity contribution in [1.82, 2.24) is 10.2 Å². The number of amides is 2. The average molecular weight is 492 g/mol. The molecule has 186 valence electrons. The van der Waals surface area contributed by atoms with Crippen molar-refractivity contribution < 1.29 is 37.5 Å². The summed E-state index contributed by atoms with van der Waals surface area (Å²) in [6.07, 6.45) is -2.55. The predicted octanol–water partition coefficient (Wildman–Crippen LogP) is 3.53. The molecule has 2 aliphatic rings. The van der Waals surface area contributed by atoms with Gasteiger partial charge in [-0.25, -0.2) is 18.4 Å². The molecule has 0 radical (unpaired) electrons. The molecule has 1 unspecified atom stereocenters. The monoisotopic (exact) mass is 492 g/mol. The summed E-state index contributed by atoms with van der Waals surface area (Å²) in [6.45, 7) is 0.716. The zero-order chi connectivity index (χ0) is 25.2. The van der Waals surface area contributed by atoms with Crippen LogP contribution in [0.25, 0.3) is 0 Å². The number of nitrogens with zero attached hydrogens (tertiary/aromatic N) is 2. The van der Waals surface area contributed by atoms with Crippen LogP contribution in [0.1, 0.15) is 18.4 Å². The number of rotatable bonds is 6. The van der Waals surface area contributed by atoms with Gasteiger partial charge in [0.1, 0.15) is 17.4 Å². The van der Waals surface area contributed by atoms with E-state index in [2.05, 4.69) is 10.6 Å². The smallest absolute Gasteiger partial charge is 0.413 e. The quantitative estimate of drug-likeness (QED) is 0.462. The molecular formula is C22H22F2N4O7. The molecule has 2 fully saturated rings. The maximum absolute atomic E-state index is 14.0. The highest BCUT2D eigenvalue weighted by atomic mass is 19.1. The van der Waals surface area contributed by atoms with Gasteiger partial charge in [-0.3, -0.25) is 20.3 Å². The molecule has 0 aromatic heterocycles. The first-order chi connectivity index (χ1) is 16.7. The van der Waals surface area contributed by atoms with Crippen molar-refractivity contribution in [3.05, 3.63) is 63.7 Å². The summed E-state index contributed by atoms with van der Waals surface area (Å²) in [6, 6.07) is 6.44. The Hall–Kier alpha value is -4.00. The van der Waals surface area contributed by atoms with Crippen LogP contribution in [0.2, 0.25) is 0 Å². The molecule has 2 N–H and O–H groups in total. The van der Waals surface area contributed by atoms with Crippen LogP contribution in [0, 0.1) is 21.7 Å². The number of hydrogen-bond acceptors (Lipinski definition) is 8. The number of piperidine rings is 1. The van der Waals surface area contributed by atoms with Gasteiger partial charge in [-0.2, -0.15) is 0 Å². The fourth-order valence-corrected chi connectivity index (χ4v) is 4.20. The molecule has 2 aromatic carbocycles. The zero-order valence-corrected chi connectivity index (χ0v) is 18.6. The number of nitro groups is 1. The number of benzene rings is 2. The first-order valence-corrected chi connectivity index (χ1v) is 10.7. The Balaban J connectivity index is 1.63.